The monoisotopic (exact) mass is 835 g/mol. The third-order valence-corrected chi connectivity index (χ3v) is 10.9. The van der Waals surface area contributed by atoms with E-state index in [0.29, 0.717) is 33.4 Å². The molecule has 0 saturated carbocycles. The number of nitrogens with two attached hydrogens (primary N) is 1. The Hall–Kier alpha value is -6.43. The van der Waals surface area contributed by atoms with Crippen molar-refractivity contribution >= 4 is 91.7 Å². The number of phenols is 1. The molecule has 6 rings (SSSR count). The summed E-state index contributed by atoms with van der Waals surface area (Å²) in [5.41, 5.74) is 6.40. The highest BCUT2D eigenvalue weighted by molar-refractivity contribution is 7.86. The first-order chi connectivity index (χ1) is 26.8. The zero-order valence-electron chi connectivity index (χ0n) is 29.6. The quantitative estimate of drug-likeness (QED) is 0.0464. The molecule has 0 atom stereocenters. The highest BCUT2D eigenvalue weighted by Crippen LogP contribution is 2.47. The number of phenolic OH excluding ortho intramolecular Hbond substituents is 1. The Bertz CT molecular complexity index is 3060. The number of aromatic hydroxyl groups is 1. The SMILES string of the molecule is COc1cc(N=Nc2cccc(S(=O)(=O)O)c2)c(C)cc1N=Nc1cc(OC)c(N=Nc2c(S(=O)(=O)O)cc3cc(S(=O)(=O)O)c(N)cc3c2O)c2ccccc12. The summed E-state index contributed by atoms with van der Waals surface area (Å²) in [5, 5.41) is 36.9. The van der Waals surface area contributed by atoms with E-state index in [2.05, 4.69) is 30.7 Å². The van der Waals surface area contributed by atoms with Gasteiger partial charge in [0.1, 0.15) is 38.4 Å². The van der Waals surface area contributed by atoms with Crippen molar-refractivity contribution in [3.63, 3.8) is 0 Å². The normalized spacial score (nSPS) is 12.7. The molecule has 19 nitrogen and oxygen atoms in total. The number of ether oxygens (including phenoxy) is 2. The van der Waals surface area contributed by atoms with E-state index in [1.807, 2.05) is 0 Å². The molecular formula is C35H29N7O12S3. The van der Waals surface area contributed by atoms with Crippen LogP contribution in [0, 0.1) is 6.92 Å². The van der Waals surface area contributed by atoms with E-state index in [1.165, 1.54) is 38.5 Å². The van der Waals surface area contributed by atoms with Gasteiger partial charge >= 0.3 is 0 Å². The molecule has 0 heterocycles. The van der Waals surface area contributed by atoms with Gasteiger partial charge in [0.25, 0.3) is 30.4 Å². The molecule has 0 bridgehead atoms. The van der Waals surface area contributed by atoms with E-state index in [4.69, 9.17) is 15.2 Å². The molecule has 6 aromatic carbocycles. The highest BCUT2D eigenvalue weighted by Gasteiger charge is 2.25. The van der Waals surface area contributed by atoms with E-state index in [0.717, 1.165) is 24.3 Å². The molecule has 0 amide bonds. The number of hydrogen-bond acceptors (Lipinski definition) is 16. The molecule has 0 unspecified atom stereocenters. The van der Waals surface area contributed by atoms with E-state index >= 15 is 0 Å². The molecule has 22 heteroatoms. The predicted molar refractivity (Wildman–Crippen MR) is 207 cm³/mol. The molecule has 0 aliphatic heterocycles. The summed E-state index contributed by atoms with van der Waals surface area (Å²) < 4.78 is 112. The Kier molecular flexibility index (Phi) is 10.8. The number of fused-ring (bicyclic) bond motifs is 2. The van der Waals surface area contributed by atoms with Crippen LogP contribution in [-0.4, -0.2) is 58.2 Å². The van der Waals surface area contributed by atoms with E-state index in [1.54, 1.807) is 43.3 Å². The maximum atomic E-state index is 12.5. The van der Waals surface area contributed by atoms with Gasteiger partial charge in [0.2, 0.25) is 0 Å². The van der Waals surface area contributed by atoms with Crippen LogP contribution in [0.2, 0.25) is 0 Å². The number of rotatable bonds is 11. The van der Waals surface area contributed by atoms with Crippen molar-refractivity contribution in [2.24, 2.45) is 30.7 Å². The van der Waals surface area contributed by atoms with Crippen LogP contribution in [0.5, 0.6) is 17.2 Å². The summed E-state index contributed by atoms with van der Waals surface area (Å²) in [6.45, 7) is 1.73. The highest BCUT2D eigenvalue weighted by atomic mass is 32.2. The lowest BCUT2D eigenvalue weighted by molar-refractivity contribution is 0.415. The Morgan fingerprint density at radius 2 is 1.16 bits per heavy atom. The summed E-state index contributed by atoms with van der Waals surface area (Å²) >= 11 is 0. The van der Waals surface area contributed by atoms with Crippen molar-refractivity contribution in [3.8, 4) is 17.2 Å². The van der Waals surface area contributed by atoms with Crippen molar-refractivity contribution in [1.29, 1.82) is 0 Å². The fourth-order valence-electron chi connectivity index (χ4n) is 5.60. The predicted octanol–water partition coefficient (Wildman–Crippen LogP) is 8.59. The maximum absolute atomic E-state index is 12.5. The second kappa shape index (κ2) is 15.2. The lowest BCUT2D eigenvalue weighted by atomic mass is 10.1. The fraction of sp³-hybridized carbons (Fsp3) is 0.0857. The summed E-state index contributed by atoms with van der Waals surface area (Å²) in [6, 6.07) is 19.3. The minimum absolute atomic E-state index is 0.0549. The molecule has 294 valence electrons. The van der Waals surface area contributed by atoms with Gasteiger partial charge in [-0.1, -0.05) is 30.3 Å². The average Bonchev–Trinajstić information content (AvgIpc) is 3.15. The van der Waals surface area contributed by atoms with Gasteiger partial charge in [0.05, 0.1) is 41.9 Å². The Morgan fingerprint density at radius 3 is 1.81 bits per heavy atom. The standard InChI is InChI=1S/C35H29N7O12S3/c1-18-11-28(29(53-2)16-26(18)38-37-20-7-6-8-21(14-20)55(44,45)46)40-39-27-17-30(54-3)33(23-10-5-4-9-22(23)27)41-42-34-32(57(50,51)52)13-19-12-31(56(47,48)49)25(36)15-24(19)35(34)43/h4-17,43H,36H2,1-3H3,(H,44,45,46)(H,47,48,49)(H,50,51,52). The summed E-state index contributed by atoms with van der Waals surface area (Å²) in [5.74, 6) is -0.485. The molecule has 0 fully saturated rings. The Balaban J connectivity index is 1.41. The van der Waals surface area contributed by atoms with Gasteiger partial charge in [0.15, 0.2) is 5.75 Å². The van der Waals surface area contributed by atoms with E-state index in [-0.39, 0.29) is 38.5 Å². The van der Waals surface area contributed by atoms with Crippen molar-refractivity contribution < 1.29 is 53.5 Å². The Morgan fingerprint density at radius 1 is 0.561 bits per heavy atom. The second-order valence-corrected chi connectivity index (χ2v) is 16.2. The zero-order chi connectivity index (χ0) is 41.4. The number of aryl methyl sites for hydroxylation is 1. The van der Waals surface area contributed by atoms with Gasteiger partial charge in [0, 0.05) is 28.3 Å². The fourth-order valence-corrected chi connectivity index (χ4v) is 7.41. The van der Waals surface area contributed by atoms with Gasteiger partial charge in [-0.15, -0.1) is 20.5 Å². The number of hydrogen-bond donors (Lipinski definition) is 5. The molecule has 6 N–H and O–H groups in total. The third-order valence-electron chi connectivity index (χ3n) is 8.32. The Labute approximate surface area is 324 Å². The number of nitrogen functional groups attached to an aromatic ring is 1. The van der Waals surface area contributed by atoms with Crippen LogP contribution in [-0.2, 0) is 30.4 Å². The van der Waals surface area contributed by atoms with Crippen molar-refractivity contribution in [2.45, 2.75) is 21.6 Å². The van der Waals surface area contributed by atoms with Crippen LogP contribution in [0.15, 0.2) is 130 Å². The van der Waals surface area contributed by atoms with E-state index in [9.17, 15) is 44.0 Å². The molecule has 0 aliphatic carbocycles. The largest absolute Gasteiger partial charge is 0.505 e. The minimum Gasteiger partial charge on any atom is -0.505 e. The topological polar surface area (TPSA) is 302 Å². The third kappa shape index (κ3) is 8.40. The van der Waals surface area contributed by atoms with Crippen molar-refractivity contribution in [1.82, 2.24) is 0 Å². The van der Waals surface area contributed by atoms with Gasteiger partial charge in [-0.25, -0.2) is 0 Å². The average molecular weight is 836 g/mol. The van der Waals surface area contributed by atoms with Crippen molar-refractivity contribution in [2.75, 3.05) is 20.0 Å². The summed E-state index contributed by atoms with van der Waals surface area (Å²) in [6.07, 6.45) is 0. The van der Waals surface area contributed by atoms with Crippen LogP contribution in [0.1, 0.15) is 5.56 Å². The smallest absolute Gasteiger partial charge is 0.296 e. The second-order valence-electron chi connectivity index (χ2n) is 12.0. The number of benzene rings is 6. The van der Waals surface area contributed by atoms with Gasteiger partial charge < -0.3 is 20.3 Å². The molecule has 6 aromatic rings. The molecule has 0 saturated heterocycles. The van der Waals surface area contributed by atoms with Crippen LogP contribution < -0.4 is 15.2 Å². The molecule has 0 aromatic heterocycles. The number of nitrogens with zero attached hydrogens (tertiary/aromatic N) is 6. The van der Waals surface area contributed by atoms with Gasteiger partial charge in [-0.3, -0.25) is 13.7 Å². The van der Waals surface area contributed by atoms with Crippen LogP contribution in [0.4, 0.5) is 39.8 Å². The summed E-state index contributed by atoms with van der Waals surface area (Å²) in [4.78, 5) is -2.03. The number of azo groups is 3. The van der Waals surface area contributed by atoms with Crippen LogP contribution in [0.25, 0.3) is 21.5 Å². The molecule has 0 radical (unpaired) electrons. The first kappa shape index (κ1) is 40.2. The molecule has 0 aliphatic rings. The first-order valence-electron chi connectivity index (χ1n) is 16.0. The maximum Gasteiger partial charge on any atom is 0.296 e. The summed E-state index contributed by atoms with van der Waals surface area (Å²) in [7, 11) is -11.7. The molecular weight excluding hydrogens is 807 g/mol. The lowest BCUT2D eigenvalue weighted by Crippen LogP contribution is -2.04. The number of anilines is 1. The molecule has 57 heavy (non-hydrogen) atoms. The van der Waals surface area contributed by atoms with Gasteiger partial charge in [-0.2, -0.15) is 35.5 Å². The van der Waals surface area contributed by atoms with Crippen LogP contribution >= 0.6 is 0 Å². The number of methoxy groups -OCH3 is 2. The molecule has 0 spiro atoms. The van der Waals surface area contributed by atoms with Gasteiger partial charge in [-0.05, 0) is 60.3 Å². The first-order valence-corrected chi connectivity index (χ1v) is 20.3. The lowest BCUT2D eigenvalue weighted by Gasteiger charge is -2.12. The van der Waals surface area contributed by atoms with Crippen LogP contribution in [0.3, 0.4) is 0 Å². The van der Waals surface area contributed by atoms with E-state index < -0.39 is 57.3 Å². The van der Waals surface area contributed by atoms with Crippen molar-refractivity contribution in [3.05, 3.63) is 90.5 Å². The zero-order valence-corrected chi connectivity index (χ0v) is 32.1. The minimum atomic E-state index is -5.11.